The van der Waals surface area contributed by atoms with Crippen LogP contribution in [0.5, 0.6) is 0 Å². The van der Waals surface area contributed by atoms with Gasteiger partial charge in [-0.05, 0) is 13.0 Å². The Labute approximate surface area is 87.8 Å². The molecule has 0 spiro atoms. The Morgan fingerprint density at radius 1 is 1.27 bits per heavy atom. The van der Waals surface area contributed by atoms with Crippen molar-refractivity contribution in [3.8, 4) is 0 Å². The normalized spacial score (nSPS) is 10.5. The average molecular weight is 203 g/mol. The maximum absolute atomic E-state index is 5.49. The van der Waals surface area contributed by atoms with Crippen LogP contribution in [0.15, 0.2) is 18.5 Å². The highest BCUT2D eigenvalue weighted by atomic mass is 15.1. The van der Waals surface area contributed by atoms with Crippen LogP contribution in [0.25, 0.3) is 0 Å². The quantitative estimate of drug-likeness (QED) is 0.763. The van der Waals surface area contributed by atoms with E-state index in [1.165, 1.54) is 0 Å². The van der Waals surface area contributed by atoms with Gasteiger partial charge in [-0.3, -0.25) is 15.1 Å². The molecule has 2 heterocycles. The lowest BCUT2D eigenvalue weighted by Crippen LogP contribution is -2.03. The van der Waals surface area contributed by atoms with Gasteiger partial charge in [-0.2, -0.15) is 5.10 Å². The lowest BCUT2D eigenvalue weighted by atomic mass is 10.2. The molecule has 3 N–H and O–H groups in total. The summed E-state index contributed by atoms with van der Waals surface area (Å²) in [7, 11) is 0. The van der Waals surface area contributed by atoms with Crippen LogP contribution >= 0.6 is 0 Å². The fraction of sp³-hybridized carbons (Fsp3) is 0.300. The molecule has 0 aliphatic rings. The van der Waals surface area contributed by atoms with Gasteiger partial charge in [0, 0.05) is 31.1 Å². The summed E-state index contributed by atoms with van der Waals surface area (Å²) in [5.74, 6) is 0. The number of hydrogen-bond donors (Lipinski definition) is 2. The molecule has 0 unspecified atom stereocenters. The van der Waals surface area contributed by atoms with Gasteiger partial charge in [0.25, 0.3) is 0 Å². The third-order valence-electron chi connectivity index (χ3n) is 2.06. The lowest BCUT2D eigenvalue weighted by Gasteiger charge is -1.99. The van der Waals surface area contributed by atoms with E-state index in [2.05, 4.69) is 20.2 Å². The second kappa shape index (κ2) is 4.18. The summed E-state index contributed by atoms with van der Waals surface area (Å²) >= 11 is 0. The van der Waals surface area contributed by atoms with E-state index in [0.29, 0.717) is 13.0 Å². The van der Waals surface area contributed by atoms with Gasteiger partial charge in [-0.25, -0.2) is 0 Å². The smallest absolute Gasteiger partial charge is 0.0725 e. The van der Waals surface area contributed by atoms with E-state index >= 15 is 0 Å². The van der Waals surface area contributed by atoms with E-state index < -0.39 is 0 Å². The van der Waals surface area contributed by atoms with Crippen molar-refractivity contribution in [3.05, 3.63) is 41.2 Å². The standard InChI is InChI=1S/C10H13N5/c1-7-2-8(15-14-7)3-9-5-12-6-10(4-11)13-9/h2,5-6H,3-4,11H2,1H3,(H,14,15). The van der Waals surface area contributed by atoms with Gasteiger partial charge in [-0.15, -0.1) is 0 Å². The zero-order valence-electron chi connectivity index (χ0n) is 8.57. The minimum absolute atomic E-state index is 0.417. The van der Waals surface area contributed by atoms with Crippen LogP contribution < -0.4 is 5.73 Å². The van der Waals surface area contributed by atoms with E-state index in [4.69, 9.17) is 5.73 Å². The Morgan fingerprint density at radius 3 is 2.73 bits per heavy atom. The third kappa shape index (κ3) is 2.38. The average Bonchev–Trinajstić information content (AvgIpc) is 2.64. The highest BCUT2D eigenvalue weighted by Gasteiger charge is 2.02. The maximum Gasteiger partial charge on any atom is 0.0725 e. The molecule has 78 valence electrons. The number of aryl methyl sites for hydroxylation is 1. The monoisotopic (exact) mass is 203 g/mol. The highest BCUT2D eigenvalue weighted by Crippen LogP contribution is 2.05. The van der Waals surface area contributed by atoms with E-state index in [1.54, 1.807) is 12.4 Å². The first kappa shape index (κ1) is 9.79. The fourth-order valence-electron chi connectivity index (χ4n) is 1.39. The molecule has 0 aliphatic carbocycles. The molecule has 5 nitrogen and oxygen atoms in total. The van der Waals surface area contributed by atoms with Crippen molar-refractivity contribution in [1.82, 2.24) is 20.2 Å². The van der Waals surface area contributed by atoms with Crippen LogP contribution in [0.2, 0.25) is 0 Å². The molecular weight excluding hydrogens is 190 g/mol. The molecule has 0 saturated carbocycles. The van der Waals surface area contributed by atoms with Crippen LogP contribution in [-0.2, 0) is 13.0 Å². The molecule has 0 amide bonds. The minimum atomic E-state index is 0.417. The molecule has 0 aromatic carbocycles. The predicted molar refractivity (Wildman–Crippen MR) is 56.1 cm³/mol. The fourth-order valence-corrected chi connectivity index (χ4v) is 1.39. The summed E-state index contributed by atoms with van der Waals surface area (Å²) in [5.41, 5.74) is 9.21. The van der Waals surface area contributed by atoms with Gasteiger partial charge in [-0.1, -0.05) is 0 Å². The van der Waals surface area contributed by atoms with Gasteiger partial charge >= 0.3 is 0 Å². The first-order valence-corrected chi connectivity index (χ1v) is 4.78. The van der Waals surface area contributed by atoms with E-state index in [1.807, 2.05) is 13.0 Å². The summed E-state index contributed by atoms with van der Waals surface area (Å²) in [5, 5.41) is 7.04. The van der Waals surface area contributed by atoms with Crippen molar-refractivity contribution in [2.24, 2.45) is 5.73 Å². The molecule has 0 fully saturated rings. The molecule has 15 heavy (non-hydrogen) atoms. The topological polar surface area (TPSA) is 80.5 Å². The van der Waals surface area contributed by atoms with Crippen molar-refractivity contribution < 1.29 is 0 Å². The molecule has 2 rings (SSSR count). The summed E-state index contributed by atoms with van der Waals surface area (Å²) in [6.07, 6.45) is 4.10. The molecule has 2 aromatic rings. The van der Waals surface area contributed by atoms with Gasteiger partial charge in [0.05, 0.1) is 17.1 Å². The number of nitrogens with one attached hydrogen (secondary N) is 1. The number of aromatic nitrogens is 4. The Kier molecular flexibility index (Phi) is 2.73. The molecule has 5 heteroatoms. The lowest BCUT2D eigenvalue weighted by molar-refractivity contribution is 0.894. The summed E-state index contributed by atoms with van der Waals surface area (Å²) < 4.78 is 0. The van der Waals surface area contributed by atoms with Crippen molar-refractivity contribution in [1.29, 1.82) is 0 Å². The van der Waals surface area contributed by atoms with Gasteiger partial charge < -0.3 is 5.73 Å². The maximum atomic E-state index is 5.49. The molecule has 0 aliphatic heterocycles. The Balaban J connectivity index is 2.16. The minimum Gasteiger partial charge on any atom is -0.325 e. The largest absolute Gasteiger partial charge is 0.325 e. The second-order valence-electron chi connectivity index (χ2n) is 3.42. The van der Waals surface area contributed by atoms with Crippen LogP contribution in [0.4, 0.5) is 0 Å². The first-order chi connectivity index (χ1) is 7.28. The Morgan fingerprint density at radius 2 is 2.07 bits per heavy atom. The number of nitrogens with two attached hydrogens (primary N) is 1. The van der Waals surface area contributed by atoms with Crippen LogP contribution in [0.3, 0.4) is 0 Å². The summed E-state index contributed by atoms with van der Waals surface area (Å²) in [6.45, 7) is 2.39. The third-order valence-corrected chi connectivity index (χ3v) is 2.06. The molecule has 0 atom stereocenters. The predicted octanol–water partition coefficient (Wildman–Crippen LogP) is 0.558. The number of nitrogens with zero attached hydrogens (tertiary/aromatic N) is 3. The summed E-state index contributed by atoms with van der Waals surface area (Å²) in [6, 6.07) is 2.00. The molecular formula is C10H13N5. The Hall–Kier alpha value is -1.75. The van der Waals surface area contributed by atoms with Crippen LogP contribution in [0.1, 0.15) is 22.8 Å². The zero-order valence-corrected chi connectivity index (χ0v) is 8.57. The van der Waals surface area contributed by atoms with E-state index in [9.17, 15) is 0 Å². The van der Waals surface area contributed by atoms with E-state index in [-0.39, 0.29) is 0 Å². The van der Waals surface area contributed by atoms with Crippen LogP contribution in [0, 0.1) is 6.92 Å². The highest BCUT2D eigenvalue weighted by molar-refractivity contribution is 5.15. The molecule has 0 radical (unpaired) electrons. The number of H-pyrrole nitrogens is 1. The van der Waals surface area contributed by atoms with Gasteiger partial charge in [0.1, 0.15) is 0 Å². The SMILES string of the molecule is Cc1cc(Cc2cncc(CN)n2)n[nH]1. The summed E-state index contributed by atoms with van der Waals surface area (Å²) in [4.78, 5) is 8.43. The molecule has 2 aromatic heterocycles. The number of rotatable bonds is 3. The van der Waals surface area contributed by atoms with Gasteiger partial charge in [0.2, 0.25) is 0 Å². The Bertz CT molecular complexity index is 449. The second-order valence-corrected chi connectivity index (χ2v) is 3.42. The zero-order chi connectivity index (χ0) is 10.7. The van der Waals surface area contributed by atoms with Crippen molar-refractivity contribution in [2.75, 3.05) is 0 Å². The molecule has 0 bridgehead atoms. The van der Waals surface area contributed by atoms with E-state index in [0.717, 1.165) is 22.8 Å². The molecule has 0 saturated heterocycles. The number of hydrogen-bond acceptors (Lipinski definition) is 4. The number of aromatic amines is 1. The van der Waals surface area contributed by atoms with Gasteiger partial charge in [0.15, 0.2) is 0 Å². The van der Waals surface area contributed by atoms with Crippen molar-refractivity contribution in [2.45, 2.75) is 19.9 Å². The van der Waals surface area contributed by atoms with Crippen LogP contribution in [-0.4, -0.2) is 20.2 Å². The van der Waals surface area contributed by atoms with Crippen molar-refractivity contribution in [3.63, 3.8) is 0 Å². The first-order valence-electron chi connectivity index (χ1n) is 4.78. The van der Waals surface area contributed by atoms with Crippen molar-refractivity contribution >= 4 is 0 Å².